The number of rotatable bonds is 5. The average molecular weight is 252 g/mol. The topological polar surface area (TPSA) is 76.0 Å². The summed E-state index contributed by atoms with van der Waals surface area (Å²) in [7, 11) is 0. The molecule has 1 rings (SSSR count). The number of carbonyl (C=O) groups excluding carboxylic acids is 1. The molecular weight excluding hydrogens is 232 g/mol. The van der Waals surface area contributed by atoms with Crippen LogP contribution in [0.4, 0.5) is 5.82 Å². The Kier molecular flexibility index (Phi) is 4.88. The molecular formula is C12H20N4O2. The minimum atomic E-state index is -0.492. The van der Waals surface area contributed by atoms with E-state index in [2.05, 4.69) is 15.6 Å². The monoisotopic (exact) mass is 252 g/mol. The van der Waals surface area contributed by atoms with Gasteiger partial charge in [0.25, 0.3) is 5.56 Å². The van der Waals surface area contributed by atoms with Gasteiger partial charge in [-0.2, -0.15) is 0 Å². The number of likely N-dealkylation sites (N-methyl/N-ethyl adjacent to an activating group) is 1. The first kappa shape index (κ1) is 14.2. The first-order valence-electron chi connectivity index (χ1n) is 6.08. The van der Waals surface area contributed by atoms with Crippen molar-refractivity contribution in [2.75, 3.05) is 11.9 Å². The van der Waals surface area contributed by atoms with Crippen molar-refractivity contribution in [3.05, 3.63) is 22.7 Å². The fourth-order valence-corrected chi connectivity index (χ4v) is 1.53. The molecule has 0 aromatic carbocycles. The second-order valence-corrected chi connectivity index (χ2v) is 4.34. The Labute approximate surface area is 106 Å². The van der Waals surface area contributed by atoms with Crippen molar-refractivity contribution >= 4 is 11.7 Å². The van der Waals surface area contributed by atoms with Crippen LogP contribution in [0.1, 0.15) is 33.7 Å². The number of nitrogens with one attached hydrogen (secondary N) is 2. The van der Waals surface area contributed by atoms with Crippen LogP contribution in [0.5, 0.6) is 0 Å². The van der Waals surface area contributed by atoms with Gasteiger partial charge < -0.3 is 15.2 Å². The Bertz CT molecular complexity index is 467. The Morgan fingerprint density at radius 1 is 1.44 bits per heavy atom. The molecule has 1 heterocycles. The van der Waals surface area contributed by atoms with Gasteiger partial charge in [0.15, 0.2) is 5.82 Å². The predicted molar refractivity (Wildman–Crippen MR) is 70.7 cm³/mol. The van der Waals surface area contributed by atoms with Crippen molar-refractivity contribution in [3.8, 4) is 0 Å². The van der Waals surface area contributed by atoms with Gasteiger partial charge in [-0.3, -0.25) is 9.59 Å². The number of aromatic nitrogens is 2. The molecule has 18 heavy (non-hydrogen) atoms. The first-order chi connectivity index (χ1) is 8.47. The van der Waals surface area contributed by atoms with Gasteiger partial charge in [0.1, 0.15) is 6.04 Å². The van der Waals surface area contributed by atoms with E-state index in [1.165, 1.54) is 0 Å². The molecule has 2 N–H and O–H groups in total. The Morgan fingerprint density at radius 3 is 2.67 bits per heavy atom. The van der Waals surface area contributed by atoms with Crippen LogP contribution in [-0.4, -0.2) is 28.0 Å². The standard InChI is InChI=1S/C12H20N4O2/c1-5-13-11(17)9(4)15-10-12(18)16(8(2)3)7-6-14-10/h6-9H,5H2,1-4H3,(H,13,17)(H,14,15). The minimum absolute atomic E-state index is 0.0563. The SMILES string of the molecule is CCNC(=O)C(C)Nc1nccn(C(C)C)c1=O. The molecule has 1 amide bonds. The minimum Gasteiger partial charge on any atom is -0.355 e. The van der Waals surface area contributed by atoms with Crippen LogP contribution in [0.15, 0.2) is 17.2 Å². The smallest absolute Gasteiger partial charge is 0.293 e. The zero-order valence-corrected chi connectivity index (χ0v) is 11.2. The number of hydrogen-bond acceptors (Lipinski definition) is 4. The molecule has 100 valence electrons. The second-order valence-electron chi connectivity index (χ2n) is 4.34. The highest BCUT2D eigenvalue weighted by Gasteiger charge is 2.15. The lowest BCUT2D eigenvalue weighted by Crippen LogP contribution is -2.39. The number of nitrogens with zero attached hydrogens (tertiary/aromatic N) is 2. The fourth-order valence-electron chi connectivity index (χ4n) is 1.53. The van der Waals surface area contributed by atoms with E-state index < -0.39 is 6.04 Å². The maximum atomic E-state index is 12.0. The summed E-state index contributed by atoms with van der Waals surface area (Å²) in [6, 6.07) is -0.436. The number of hydrogen-bond donors (Lipinski definition) is 2. The molecule has 0 bridgehead atoms. The molecule has 1 aromatic heterocycles. The number of amides is 1. The summed E-state index contributed by atoms with van der Waals surface area (Å²) in [5, 5.41) is 5.52. The molecule has 0 fully saturated rings. The van der Waals surface area contributed by atoms with E-state index in [1.54, 1.807) is 23.9 Å². The third kappa shape index (κ3) is 3.32. The molecule has 0 aliphatic carbocycles. The van der Waals surface area contributed by atoms with Crippen LogP contribution in [0.2, 0.25) is 0 Å². The first-order valence-corrected chi connectivity index (χ1v) is 6.08. The summed E-state index contributed by atoms with van der Waals surface area (Å²) in [5.74, 6) is 0.0450. The lowest BCUT2D eigenvalue weighted by molar-refractivity contribution is -0.121. The van der Waals surface area contributed by atoms with Crippen molar-refractivity contribution in [1.29, 1.82) is 0 Å². The molecule has 1 aromatic rings. The van der Waals surface area contributed by atoms with Crippen LogP contribution in [0.25, 0.3) is 0 Å². The lowest BCUT2D eigenvalue weighted by atomic mass is 10.3. The summed E-state index contributed by atoms with van der Waals surface area (Å²) in [4.78, 5) is 27.6. The van der Waals surface area contributed by atoms with E-state index in [4.69, 9.17) is 0 Å². The Hall–Kier alpha value is -1.85. The van der Waals surface area contributed by atoms with Gasteiger partial charge in [-0.05, 0) is 27.7 Å². The van der Waals surface area contributed by atoms with Gasteiger partial charge in [0.2, 0.25) is 5.91 Å². The van der Waals surface area contributed by atoms with Crippen molar-refractivity contribution < 1.29 is 4.79 Å². The van der Waals surface area contributed by atoms with E-state index in [9.17, 15) is 9.59 Å². The summed E-state index contributed by atoms with van der Waals surface area (Å²) in [5.41, 5.74) is -0.219. The van der Waals surface area contributed by atoms with Crippen LogP contribution >= 0.6 is 0 Å². The van der Waals surface area contributed by atoms with Crippen LogP contribution in [0, 0.1) is 0 Å². The number of anilines is 1. The molecule has 0 saturated carbocycles. The Morgan fingerprint density at radius 2 is 2.11 bits per heavy atom. The van der Waals surface area contributed by atoms with E-state index in [0.717, 1.165) is 0 Å². The summed E-state index contributed by atoms with van der Waals surface area (Å²) >= 11 is 0. The molecule has 6 heteroatoms. The quantitative estimate of drug-likeness (QED) is 0.811. The predicted octanol–water partition coefficient (Wildman–Crippen LogP) is 0.761. The molecule has 0 radical (unpaired) electrons. The number of carbonyl (C=O) groups is 1. The molecule has 0 aliphatic heterocycles. The van der Waals surface area contributed by atoms with Gasteiger partial charge in [0, 0.05) is 25.0 Å². The van der Waals surface area contributed by atoms with E-state index in [1.807, 2.05) is 20.8 Å². The molecule has 0 spiro atoms. The zero-order valence-electron chi connectivity index (χ0n) is 11.2. The third-order valence-electron chi connectivity index (χ3n) is 2.52. The summed E-state index contributed by atoms with van der Waals surface area (Å²) < 4.78 is 1.57. The molecule has 6 nitrogen and oxygen atoms in total. The van der Waals surface area contributed by atoms with Crippen LogP contribution in [-0.2, 0) is 4.79 Å². The fraction of sp³-hybridized carbons (Fsp3) is 0.583. The molecule has 1 atom stereocenters. The second kappa shape index (κ2) is 6.18. The highest BCUT2D eigenvalue weighted by atomic mass is 16.2. The molecule has 0 saturated heterocycles. The largest absolute Gasteiger partial charge is 0.355 e. The normalized spacial score (nSPS) is 12.3. The van der Waals surface area contributed by atoms with Crippen molar-refractivity contribution in [1.82, 2.24) is 14.9 Å². The van der Waals surface area contributed by atoms with Gasteiger partial charge in [0.05, 0.1) is 0 Å². The van der Waals surface area contributed by atoms with Crippen molar-refractivity contribution in [2.45, 2.75) is 39.8 Å². The Balaban J connectivity index is 2.89. The highest BCUT2D eigenvalue weighted by molar-refractivity contribution is 5.83. The summed E-state index contributed by atoms with van der Waals surface area (Å²) in [6.07, 6.45) is 3.18. The van der Waals surface area contributed by atoms with Gasteiger partial charge in [-0.25, -0.2) is 4.98 Å². The van der Waals surface area contributed by atoms with Crippen LogP contribution in [0.3, 0.4) is 0 Å². The summed E-state index contributed by atoms with van der Waals surface area (Å²) in [6.45, 7) is 7.93. The average Bonchev–Trinajstić information content (AvgIpc) is 2.31. The van der Waals surface area contributed by atoms with E-state index in [-0.39, 0.29) is 23.3 Å². The van der Waals surface area contributed by atoms with Gasteiger partial charge in [-0.15, -0.1) is 0 Å². The zero-order chi connectivity index (χ0) is 13.7. The van der Waals surface area contributed by atoms with Crippen molar-refractivity contribution in [2.24, 2.45) is 0 Å². The third-order valence-corrected chi connectivity index (χ3v) is 2.52. The maximum Gasteiger partial charge on any atom is 0.293 e. The lowest BCUT2D eigenvalue weighted by Gasteiger charge is -2.15. The van der Waals surface area contributed by atoms with Gasteiger partial charge >= 0.3 is 0 Å². The van der Waals surface area contributed by atoms with Crippen molar-refractivity contribution in [3.63, 3.8) is 0 Å². The van der Waals surface area contributed by atoms with Crippen LogP contribution < -0.4 is 16.2 Å². The van der Waals surface area contributed by atoms with E-state index >= 15 is 0 Å². The van der Waals surface area contributed by atoms with E-state index in [0.29, 0.717) is 6.54 Å². The molecule has 0 aliphatic rings. The highest BCUT2D eigenvalue weighted by Crippen LogP contribution is 2.02. The maximum absolute atomic E-state index is 12.0. The molecule has 1 unspecified atom stereocenters. The van der Waals surface area contributed by atoms with Gasteiger partial charge in [-0.1, -0.05) is 0 Å².